The van der Waals surface area contributed by atoms with Crippen LogP contribution in [-0.2, 0) is 10.8 Å². The number of benzene rings is 5. The highest BCUT2D eigenvalue weighted by Crippen LogP contribution is 2.63. The van der Waals surface area contributed by atoms with Crippen LogP contribution in [0.3, 0.4) is 0 Å². The predicted molar refractivity (Wildman–Crippen MR) is 217 cm³/mol. The molecule has 5 aromatic carbocycles. The van der Waals surface area contributed by atoms with Gasteiger partial charge in [-0.25, -0.2) is 0 Å². The lowest BCUT2D eigenvalue weighted by atomic mass is 9.69. The molecule has 1 unspecified atom stereocenters. The van der Waals surface area contributed by atoms with Gasteiger partial charge < -0.3 is 0 Å². The molecular formula is C50H38N2. The van der Waals surface area contributed by atoms with Gasteiger partial charge in [0.25, 0.3) is 0 Å². The molecule has 0 fully saturated rings. The Bertz CT molecular complexity index is 2860. The SMILES string of the molecule is CC1(C)C2=C(c3ccc4c(c31)C(C)(C)c1cc(-c3ccnc5ccccc35)c3ccccc3c1-4)C1CC=CC=C1C(c1ccnc3ccccc13)=C2. The molecule has 2 nitrogen and oxygen atoms in total. The lowest BCUT2D eigenvalue weighted by Crippen LogP contribution is -2.25. The third-order valence-corrected chi connectivity index (χ3v) is 12.7. The summed E-state index contributed by atoms with van der Waals surface area (Å²) >= 11 is 0. The summed E-state index contributed by atoms with van der Waals surface area (Å²) in [5.41, 5.74) is 19.8. The van der Waals surface area contributed by atoms with E-state index in [1.807, 2.05) is 12.4 Å². The molecular weight excluding hydrogens is 629 g/mol. The number of hydrogen-bond acceptors (Lipinski definition) is 2. The maximum Gasteiger partial charge on any atom is 0.0708 e. The van der Waals surface area contributed by atoms with Crippen molar-refractivity contribution in [3.63, 3.8) is 0 Å². The number of allylic oxidation sites excluding steroid dienone is 8. The summed E-state index contributed by atoms with van der Waals surface area (Å²) in [6, 6.07) is 38.0. The van der Waals surface area contributed by atoms with Gasteiger partial charge in [-0.2, -0.15) is 0 Å². The van der Waals surface area contributed by atoms with Crippen LogP contribution in [0, 0.1) is 5.92 Å². The Morgan fingerprint density at radius 3 is 1.94 bits per heavy atom. The quantitative estimate of drug-likeness (QED) is 0.184. The minimum Gasteiger partial charge on any atom is -0.256 e. The standard InChI is InChI=1S/C50H38N2/c1-49(2)41-27-39(31-23-25-51-43-19-11-9-15-33(31)43)29-13-5-7-17-35(29)45(41)37-21-22-38-46-36-18-8-6-14-30(36)40(28-42(46)50(3,4)48(38)47(37)49)32-24-26-52-44-20-12-10-16-34(32)44/h5-17,19-28,36H,18H2,1-4H3. The van der Waals surface area contributed by atoms with E-state index >= 15 is 0 Å². The largest absolute Gasteiger partial charge is 0.256 e. The molecule has 1 atom stereocenters. The second-order valence-corrected chi connectivity index (χ2v) is 16.0. The van der Waals surface area contributed by atoms with Crippen LogP contribution in [0.1, 0.15) is 61.9 Å². The highest BCUT2D eigenvalue weighted by atomic mass is 14.7. The van der Waals surface area contributed by atoms with Crippen molar-refractivity contribution in [2.75, 3.05) is 0 Å². The molecule has 0 radical (unpaired) electrons. The van der Waals surface area contributed by atoms with E-state index < -0.39 is 0 Å². The van der Waals surface area contributed by atoms with Gasteiger partial charge in [0.15, 0.2) is 0 Å². The lowest BCUT2D eigenvalue weighted by Gasteiger charge is -2.34. The van der Waals surface area contributed by atoms with Crippen LogP contribution >= 0.6 is 0 Å². The minimum absolute atomic E-state index is 0.184. The summed E-state index contributed by atoms with van der Waals surface area (Å²) in [5.74, 6) is 0.310. The number of nitrogens with zero attached hydrogens (tertiary/aromatic N) is 2. The smallest absolute Gasteiger partial charge is 0.0708 e. The fourth-order valence-corrected chi connectivity index (χ4v) is 10.4. The number of rotatable bonds is 2. The van der Waals surface area contributed by atoms with Crippen LogP contribution in [-0.4, -0.2) is 9.97 Å². The van der Waals surface area contributed by atoms with Gasteiger partial charge in [-0.15, -0.1) is 0 Å². The average molecular weight is 667 g/mol. The van der Waals surface area contributed by atoms with Crippen molar-refractivity contribution in [2.24, 2.45) is 5.92 Å². The van der Waals surface area contributed by atoms with E-state index in [2.05, 4.69) is 155 Å². The van der Waals surface area contributed by atoms with Gasteiger partial charge in [-0.05, 0) is 126 Å². The maximum absolute atomic E-state index is 4.73. The summed E-state index contributed by atoms with van der Waals surface area (Å²) in [6.07, 6.45) is 14.5. The fourth-order valence-electron chi connectivity index (χ4n) is 10.4. The Balaban J connectivity index is 1.16. The molecule has 11 rings (SSSR count). The van der Waals surface area contributed by atoms with Crippen molar-refractivity contribution < 1.29 is 0 Å². The number of pyridine rings is 2. The van der Waals surface area contributed by atoms with E-state index in [0.717, 1.165) is 17.5 Å². The first-order valence-corrected chi connectivity index (χ1v) is 18.6. The van der Waals surface area contributed by atoms with E-state index in [1.54, 1.807) is 0 Å². The monoisotopic (exact) mass is 666 g/mol. The third-order valence-electron chi connectivity index (χ3n) is 12.7. The van der Waals surface area contributed by atoms with Gasteiger partial charge in [0.05, 0.1) is 11.0 Å². The van der Waals surface area contributed by atoms with Crippen molar-refractivity contribution in [3.05, 3.63) is 179 Å². The lowest BCUT2D eigenvalue weighted by molar-refractivity contribution is 0.596. The van der Waals surface area contributed by atoms with Crippen molar-refractivity contribution in [2.45, 2.75) is 44.9 Å². The molecule has 4 aliphatic carbocycles. The number of fused-ring (bicyclic) bond motifs is 12. The Morgan fingerprint density at radius 2 is 1.19 bits per heavy atom. The summed E-state index contributed by atoms with van der Waals surface area (Å²) in [5, 5.41) is 5.02. The molecule has 0 saturated heterocycles. The van der Waals surface area contributed by atoms with Crippen molar-refractivity contribution in [3.8, 4) is 22.3 Å². The molecule has 248 valence electrons. The molecule has 0 aliphatic heterocycles. The zero-order chi connectivity index (χ0) is 34.9. The van der Waals surface area contributed by atoms with Gasteiger partial charge in [0.1, 0.15) is 0 Å². The van der Waals surface area contributed by atoms with Gasteiger partial charge in [-0.3, -0.25) is 9.97 Å². The van der Waals surface area contributed by atoms with Gasteiger partial charge >= 0.3 is 0 Å². The van der Waals surface area contributed by atoms with Gasteiger partial charge in [0, 0.05) is 39.9 Å². The van der Waals surface area contributed by atoms with Crippen LogP contribution in [0.4, 0.5) is 0 Å². The number of para-hydroxylation sites is 2. The highest BCUT2D eigenvalue weighted by Gasteiger charge is 2.49. The fraction of sp³-hybridized carbons (Fsp3) is 0.160. The number of aromatic nitrogens is 2. The topological polar surface area (TPSA) is 25.8 Å². The first-order chi connectivity index (χ1) is 25.3. The molecule has 0 N–H and O–H groups in total. The minimum atomic E-state index is -0.206. The maximum atomic E-state index is 4.73. The molecule has 7 aromatic rings. The molecule has 4 aliphatic rings. The molecule has 2 aromatic heterocycles. The third kappa shape index (κ3) is 3.79. The van der Waals surface area contributed by atoms with Crippen molar-refractivity contribution in [1.82, 2.24) is 9.97 Å². The summed E-state index contributed by atoms with van der Waals surface area (Å²) < 4.78 is 0. The van der Waals surface area contributed by atoms with Crippen molar-refractivity contribution in [1.29, 1.82) is 0 Å². The Labute approximate surface area is 304 Å². The van der Waals surface area contributed by atoms with E-state index in [9.17, 15) is 0 Å². The summed E-state index contributed by atoms with van der Waals surface area (Å²) in [7, 11) is 0. The zero-order valence-corrected chi connectivity index (χ0v) is 30.0. The van der Waals surface area contributed by atoms with Crippen LogP contribution in [0.25, 0.3) is 66.0 Å². The van der Waals surface area contributed by atoms with Crippen molar-refractivity contribution >= 4 is 43.7 Å². The first-order valence-electron chi connectivity index (χ1n) is 18.6. The van der Waals surface area contributed by atoms with E-state index in [0.29, 0.717) is 5.92 Å². The molecule has 0 amide bonds. The Kier molecular flexibility index (Phi) is 5.94. The summed E-state index contributed by atoms with van der Waals surface area (Å²) in [6.45, 7) is 9.89. The highest BCUT2D eigenvalue weighted by molar-refractivity contribution is 6.13. The van der Waals surface area contributed by atoms with Crippen LogP contribution in [0.2, 0.25) is 0 Å². The molecule has 0 saturated carbocycles. The number of hydrogen-bond donors (Lipinski definition) is 0. The molecule has 0 spiro atoms. The normalized spacial score (nSPS) is 18.9. The summed E-state index contributed by atoms with van der Waals surface area (Å²) in [4.78, 5) is 9.45. The van der Waals surface area contributed by atoms with Gasteiger partial charge in [0.2, 0.25) is 0 Å². The van der Waals surface area contributed by atoms with Crippen LogP contribution < -0.4 is 0 Å². The predicted octanol–water partition coefficient (Wildman–Crippen LogP) is 12.6. The van der Waals surface area contributed by atoms with E-state index in [1.165, 1.54) is 93.9 Å². The van der Waals surface area contributed by atoms with E-state index in [-0.39, 0.29) is 10.8 Å². The zero-order valence-electron chi connectivity index (χ0n) is 30.0. The molecule has 0 bridgehead atoms. The molecule has 2 heterocycles. The Morgan fingerprint density at radius 1 is 0.577 bits per heavy atom. The van der Waals surface area contributed by atoms with Gasteiger partial charge in [-0.1, -0.05) is 119 Å². The molecule has 52 heavy (non-hydrogen) atoms. The second-order valence-electron chi connectivity index (χ2n) is 16.0. The van der Waals surface area contributed by atoms with E-state index in [4.69, 9.17) is 9.97 Å². The Hall–Kier alpha value is -5.86. The van der Waals surface area contributed by atoms with Crippen LogP contribution in [0.15, 0.2) is 151 Å². The second kappa shape index (κ2) is 10.4. The van der Waals surface area contributed by atoms with Crippen LogP contribution in [0.5, 0.6) is 0 Å². The first kappa shape index (κ1) is 29.8. The average Bonchev–Trinajstić information content (AvgIpc) is 3.56. The molecule has 2 heteroatoms.